The van der Waals surface area contributed by atoms with E-state index in [1.54, 1.807) is 19.1 Å². The largest absolute Gasteiger partial charge is 0.484 e. The summed E-state index contributed by atoms with van der Waals surface area (Å²) in [5.41, 5.74) is -0.00504. The van der Waals surface area contributed by atoms with Crippen molar-refractivity contribution in [2.45, 2.75) is 38.6 Å². The van der Waals surface area contributed by atoms with E-state index < -0.39 is 11.5 Å². The molecule has 114 valence electrons. The number of nitrogens with zero attached hydrogens (tertiary/aromatic N) is 1. The summed E-state index contributed by atoms with van der Waals surface area (Å²) in [5, 5.41) is 9.40. The molecule has 0 saturated carbocycles. The van der Waals surface area contributed by atoms with Gasteiger partial charge >= 0.3 is 5.97 Å². The van der Waals surface area contributed by atoms with Crippen LogP contribution in [0.2, 0.25) is 0 Å². The van der Waals surface area contributed by atoms with Gasteiger partial charge in [-0.05, 0) is 45.2 Å². The predicted octanol–water partition coefficient (Wildman–Crippen LogP) is 2.23. The highest BCUT2D eigenvalue weighted by Crippen LogP contribution is 2.28. The summed E-state index contributed by atoms with van der Waals surface area (Å²) in [7, 11) is 0. The number of hydrogen-bond donors (Lipinski definition) is 1. The molecule has 0 spiro atoms. The van der Waals surface area contributed by atoms with Crippen molar-refractivity contribution < 1.29 is 19.4 Å². The third kappa shape index (κ3) is 3.35. The van der Waals surface area contributed by atoms with Crippen molar-refractivity contribution in [2.75, 3.05) is 13.2 Å². The normalized spacial score (nSPS) is 21.9. The summed E-state index contributed by atoms with van der Waals surface area (Å²) < 4.78 is 5.46. The van der Waals surface area contributed by atoms with Crippen LogP contribution in [0.3, 0.4) is 0 Å². The maximum atomic E-state index is 12.3. The summed E-state index contributed by atoms with van der Waals surface area (Å²) in [6.07, 6.45) is 2.14. The lowest BCUT2D eigenvalue weighted by Gasteiger charge is -2.41. The maximum Gasteiger partial charge on any atom is 0.329 e. The molecule has 1 fully saturated rings. The van der Waals surface area contributed by atoms with Crippen molar-refractivity contribution in [3.8, 4) is 5.75 Å². The Balaban J connectivity index is 2.01. The first-order chi connectivity index (χ1) is 9.93. The summed E-state index contributed by atoms with van der Waals surface area (Å²) in [4.78, 5) is 25.2. The monoisotopic (exact) mass is 291 g/mol. The topological polar surface area (TPSA) is 66.8 Å². The van der Waals surface area contributed by atoms with Gasteiger partial charge in [-0.25, -0.2) is 4.79 Å². The molecule has 0 radical (unpaired) electrons. The van der Waals surface area contributed by atoms with E-state index in [1.165, 1.54) is 4.90 Å². The van der Waals surface area contributed by atoms with Crippen LogP contribution >= 0.6 is 0 Å². The molecule has 1 aliphatic rings. The number of carbonyl (C=O) groups is 2. The molecule has 1 aromatic rings. The van der Waals surface area contributed by atoms with E-state index >= 15 is 0 Å². The van der Waals surface area contributed by atoms with E-state index in [2.05, 4.69) is 0 Å². The third-order valence-corrected chi connectivity index (χ3v) is 4.04. The number of piperidine rings is 1. The van der Waals surface area contributed by atoms with Gasteiger partial charge in [0.1, 0.15) is 11.3 Å². The van der Waals surface area contributed by atoms with E-state index in [9.17, 15) is 14.7 Å². The minimum atomic E-state index is -1.12. The Kier molecular flexibility index (Phi) is 4.50. The molecular weight excluding hydrogens is 270 g/mol. The average molecular weight is 291 g/mol. The summed E-state index contributed by atoms with van der Waals surface area (Å²) in [6.45, 7) is 3.92. The first kappa shape index (κ1) is 15.4. The van der Waals surface area contributed by atoms with Gasteiger partial charge in [0.15, 0.2) is 6.61 Å². The second kappa shape index (κ2) is 6.16. The highest BCUT2D eigenvalue weighted by molar-refractivity contribution is 5.87. The van der Waals surface area contributed by atoms with Crippen LogP contribution in [0, 0.1) is 6.92 Å². The van der Waals surface area contributed by atoms with Gasteiger partial charge in [0, 0.05) is 6.54 Å². The quantitative estimate of drug-likeness (QED) is 0.923. The van der Waals surface area contributed by atoms with E-state index in [1.807, 2.05) is 19.1 Å². The zero-order valence-corrected chi connectivity index (χ0v) is 12.5. The van der Waals surface area contributed by atoms with Crippen molar-refractivity contribution in [1.82, 2.24) is 4.90 Å². The van der Waals surface area contributed by atoms with Crippen LogP contribution in [0.4, 0.5) is 0 Å². The standard InChI is InChI=1S/C16H21NO4/c1-12-5-7-13(8-6-12)21-11-14(18)17-10-4-3-9-16(17,2)15(19)20/h5-8H,3-4,9-11H2,1-2H3,(H,19,20). The number of carboxylic acid groups (broad SMARTS) is 1. The number of carboxylic acids is 1. The second-order valence-electron chi connectivity index (χ2n) is 5.68. The Bertz CT molecular complexity index is 526. The molecule has 1 N–H and O–H groups in total. The van der Waals surface area contributed by atoms with Gasteiger partial charge in [-0.15, -0.1) is 0 Å². The molecule has 5 heteroatoms. The van der Waals surface area contributed by atoms with Crippen LogP contribution in [0.5, 0.6) is 5.75 Å². The van der Waals surface area contributed by atoms with Gasteiger partial charge in [0.25, 0.3) is 5.91 Å². The molecule has 5 nitrogen and oxygen atoms in total. The van der Waals surface area contributed by atoms with Gasteiger partial charge in [-0.1, -0.05) is 17.7 Å². The number of amides is 1. The summed E-state index contributed by atoms with van der Waals surface area (Å²) >= 11 is 0. The average Bonchev–Trinajstić information content (AvgIpc) is 2.46. The Hall–Kier alpha value is -2.04. The first-order valence-corrected chi connectivity index (χ1v) is 7.17. The molecule has 21 heavy (non-hydrogen) atoms. The molecule has 1 heterocycles. The zero-order chi connectivity index (χ0) is 15.5. The minimum absolute atomic E-state index is 0.133. The van der Waals surface area contributed by atoms with Crippen molar-refractivity contribution in [3.63, 3.8) is 0 Å². The van der Waals surface area contributed by atoms with Gasteiger partial charge in [-0.3, -0.25) is 4.79 Å². The zero-order valence-electron chi connectivity index (χ0n) is 12.5. The first-order valence-electron chi connectivity index (χ1n) is 7.17. The van der Waals surface area contributed by atoms with Crippen LogP contribution in [-0.4, -0.2) is 40.6 Å². The fourth-order valence-electron chi connectivity index (χ4n) is 2.60. The number of hydrogen-bond acceptors (Lipinski definition) is 3. The van der Waals surface area contributed by atoms with Crippen LogP contribution in [0.1, 0.15) is 31.7 Å². The molecule has 2 rings (SSSR count). The Labute approximate surface area is 124 Å². The molecule has 1 aromatic carbocycles. The lowest BCUT2D eigenvalue weighted by molar-refractivity contribution is -0.161. The van der Waals surface area contributed by atoms with E-state index in [0.717, 1.165) is 18.4 Å². The van der Waals surface area contributed by atoms with Gasteiger partial charge < -0.3 is 14.7 Å². The molecule has 0 bridgehead atoms. The number of benzene rings is 1. The van der Waals surface area contributed by atoms with Crippen LogP contribution in [-0.2, 0) is 9.59 Å². The third-order valence-electron chi connectivity index (χ3n) is 4.04. The number of likely N-dealkylation sites (tertiary alicyclic amines) is 1. The lowest BCUT2D eigenvalue weighted by atomic mass is 9.88. The van der Waals surface area contributed by atoms with Crippen LogP contribution in [0.25, 0.3) is 0 Å². The van der Waals surface area contributed by atoms with Crippen molar-refractivity contribution in [3.05, 3.63) is 29.8 Å². The molecular formula is C16H21NO4. The maximum absolute atomic E-state index is 12.3. The van der Waals surface area contributed by atoms with E-state index in [-0.39, 0.29) is 12.5 Å². The molecule has 0 aromatic heterocycles. The number of aliphatic carboxylic acids is 1. The van der Waals surface area contributed by atoms with Gasteiger partial charge in [0.2, 0.25) is 0 Å². The molecule has 1 saturated heterocycles. The smallest absolute Gasteiger partial charge is 0.329 e. The van der Waals surface area contributed by atoms with Crippen molar-refractivity contribution in [2.24, 2.45) is 0 Å². The number of aryl methyl sites for hydroxylation is 1. The van der Waals surface area contributed by atoms with Crippen molar-refractivity contribution >= 4 is 11.9 Å². The van der Waals surface area contributed by atoms with E-state index in [4.69, 9.17) is 4.74 Å². The van der Waals surface area contributed by atoms with Gasteiger partial charge in [0.05, 0.1) is 0 Å². The SMILES string of the molecule is Cc1ccc(OCC(=O)N2CCCCC2(C)C(=O)O)cc1. The highest BCUT2D eigenvalue weighted by Gasteiger charge is 2.43. The predicted molar refractivity (Wildman–Crippen MR) is 78.3 cm³/mol. The number of rotatable bonds is 4. The molecule has 0 aliphatic carbocycles. The fourth-order valence-corrected chi connectivity index (χ4v) is 2.60. The molecule has 1 amide bonds. The second-order valence-corrected chi connectivity index (χ2v) is 5.68. The molecule has 1 aliphatic heterocycles. The van der Waals surface area contributed by atoms with Crippen LogP contribution < -0.4 is 4.74 Å². The Morgan fingerprint density at radius 1 is 1.29 bits per heavy atom. The van der Waals surface area contributed by atoms with E-state index in [0.29, 0.717) is 18.7 Å². The highest BCUT2D eigenvalue weighted by atomic mass is 16.5. The van der Waals surface area contributed by atoms with Crippen LogP contribution in [0.15, 0.2) is 24.3 Å². The number of ether oxygens (including phenoxy) is 1. The minimum Gasteiger partial charge on any atom is -0.484 e. The fraction of sp³-hybridized carbons (Fsp3) is 0.500. The Morgan fingerprint density at radius 2 is 1.95 bits per heavy atom. The van der Waals surface area contributed by atoms with Crippen molar-refractivity contribution in [1.29, 1.82) is 0 Å². The summed E-state index contributed by atoms with van der Waals surface area (Å²) in [6, 6.07) is 7.41. The number of carbonyl (C=O) groups excluding carboxylic acids is 1. The molecule has 1 unspecified atom stereocenters. The summed E-state index contributed by atoms with van der Waals surface area (Å²) in [5.74, 6) is -0.617. The Morgan fingerprint density at radius 3 is 2.57 bits per heavy atom. The molecule has 1 atom stereocenters. The van der Waals surface area contributed by atoms with Gasteiger partial charge in [-0.2, -0.15) is 0 Å². The lowest BCUT2D eigenvalue weighted by Crippen LogP contribution is -2.58.